The Morgan fingerprint density at radius 1 is 1.17 bits per heavy atom. The maximum atomic E-state index is 5.90. The number of hydrogen-bond donors (Lipinski definition) is 1. The molecule has 2 aromatic heterocycles. The van der Waals surface area contributed by atoms with E-state index >= 15 is 0 Å². The van der Waals surface area contributed by atoms with Gasteiger partial charge in [0.1, 0.15) is 17.1 Å². The van der Waals surface area contributed by atoms with Crippen LogP contribution < -0.4 is 5.32 Å². The second kappa shape index (κ2) is 9.13. The highest BCUT2D eigenvalue weighted by molar-refractivity contribution is 5.80. The third kappa shape index (κ3) is 4.98. The summed E-state index contributed by atoms with van der Waals surface area (Å²) in [5.74, 6) is 2.84. The van der Waals surface area contributed by atoms with Gasteiger partial charge in [-0.25, -0.2) is 0 Å². The molecule has 29 heavy (non-hydrogen) atoms. The van der Waals surface area contributed by atoms with Gasteiger partial charge in [0.05, 0.1) is 5.69 Å². The molecular weight excluding hydrogens is 366 g/mol. The molecule has 0 spiro atoms. The fourth-order valence-corrected chi connectivity index (χ4v) is 3.70. The van der Waals surface area contributed by atoms with Crippen molar-refractivity contribution in [2.45, 2.75) is 26.8 Å². The minimum absolute atomic E-state index is 0.709. The molecule has 7 heteroatoms. The summed E-state index contributed by atoms with van der Waals surface area (Å²) in [6.07, 6.45) is 0.801. The maximum Gasteiger partial charge on any atom is 0.194 e. The van der Waals surface area contributed by atoms with Crippen LogP contribution in [0, 0.1) is 6.92 Å². The molecule has 0 radical (unpaired) electrons. The number of rotatable bonds is 6. The zero-order valence-electron chi connectivity index (χ0n) is 17.2. The molecule has 7 nitrogen and oxygen atoms in total. The van der Waals surface area contributed by atoms with Gasteiger partial charge in [-0.15, -0.1) is 0 Å². The molecule has 4 rings (SSSR count). The molecule has 154 valence electrons. The van der Waals surface area contributed by atoms with Gasteiger partial charge in [-0.05, 0) is 26.0 Å². The van der Waals surface area contributed by atoms with Crippen molar-refractivity contribution in [3.05, 3.63) is 53.6 Å². The molecule has 1 aliphatic heterocycles. The Morgan fingerprint density at radius 3 is 2.72 bits per heavy atom. The van der Waals surface area contributed by atoms with Gasteiger partial charge in [0.25, 0.3) is 0 Å². The number of guanidine groups is 1. The predicted molar refractivity (Wildman–Crippen MR) is 114 cm³/mol. The number of piperazine rings is 1. The van der Waals surface area contributed by atoms with E-state index in [2.05, 4.69) is 39.3 Å². The van der Waals surface area contributed by atoms with Crippen LogP contribution in [0.5, 0.6) is 0 Å². The van der Waals surface area contributed by atoms with Crippen molar-refractivity contribution in [3.8, 4) is 0 Å². The largest absolute Gasteiger partial charge is 0.461 e. The molecule has 1 aliphatic rings. The van der Waals surface area contributed by atoms with Gasteiger partial charge < -0.3 is 19.2 Å². The van der Waals surface area contributed by atoms with Crippen molar-refractivity contribution in [1.82, 2.24) is 20.3 Å². The number of furan rings is 1. The van der Waals surface area contributed by atoms with E-state index in [0.29, 0.717) is 6.54 Å². The predicted octanol–water partition coefficient (Wildman–Crippen LogP) is 3.06. The third-order valence-electron chi connectivity index (χ3n) is 5.17. The Bertz CT molecular complexity index is 920. The van der Waals surface area contributed by atoms with Crippen LogP contribution in [0.15, 0.2) is 50.3 Å². The van der Waals surface area contributed by atoms with Crippen LogP contribution in [0.1, 0.15) is 24.1 Å². The topological polar surface area (TPSA) is 70.0 Å². The van der Waals surface area contributed by atoms with Crippen LogP contribution in [0.4, 0.5) is 0 Å². The first-order valence-electron chi connectivity index (χ1n) is 10.4. The number of nitrogens with zero attached hydrogens (tertiary/aromatic N) is 4. The second-order valence-electron chi connectivity index (χ2n) is 7.43. The lowest BCUT2D eigenvalue weighted by molar-refractivity contribution is 0.169. The minimum atomic E-state index is 0.709. The Labute approximate surface area is 171 Å². The lowest BCUT2D eigenvalue weighted by Gasteiger charge is -2.36. The van der Waals surface area contributed by atoms with Crippen molar-refractivity contribution >= 4 is 16.9 Å². The van der Waals surface area contributed by atoms with Crippen LogP contribution in [0.25, 0.3) is 11.0 Å². The molecular formula is C22H29N5O2. The molecule has 0 atom stereocenters. The van der Waals surface area contributed by atoms with Gasteiger partial charge in [0, 0.05) is 63.7 Å². The zero-order chi connectivity index (χ0) is 20.1. The average molecular weight is 396 g/mol. The lowest BCUT2D eigenvalue weighted by Crippen LogP contribution is -2.52. The second-order valence-corrected chi connectivity index (χ2v) is 7.43. The van der Waals surface area contributed by atoms with Crippen LogP contribution in [0.2, 0.25) is 0 Å². The van der Waals surface area contributed by atoms with E-state index in [0.717, 1.165) is 79.8 Å². The quantitative estimate of drug-likeness (QED) is 0.511. The molecule has 1 N–H and O–H groups in total. The van der Waals surface area contributed by atoms with E-state index in [4.69, 9.17) is 13.9 Å². The Hall–Kier alpha value is -2.80. The highest BCUT2D eigenvalue weighted by Crippen LogP contribution is 2.19. The fraction of sp³-hybridized carbons (Fsp3) is 0.455. The molecule has 3 heterocycles. The van der Waals surface area contributed by atoms with Gasteiger partial charge in [-0.1, -0.05) is 23.4 Å². The van der Waals surface area contributed by atoms with E-state index in [1.54, 1.807) is 0 Å². The molecule has 1 saturated heterocycles. The fourth-order valence-electron chi connectivity index (χ4n) is 3.70. The van der Waals surface area contributed by atoms with E-state index in [9.17, 15) is 0 Å². The molecule has 0 bridgehead atoms. The Balaban J connectivity index is 1.31. The number of nitrogens with one attached hydrogen (secondary N) is 1. The number of aromatic nitrogens is 1. The normalized spacial score (nSPS) is 15.9. The van der Waals surface area contributed by atoms with Crippen molar-refractivity contribution in [2.75, 3.05) is 39.3 Å². The van der Waals surface area contributed by atoms with Crippen molar-refractivity contribution in [2.24, 2.45) is 4.99 Å². The zero-order valence-corrected chi connectivity index (χ0v) is 17.2. The van der Waals surface area contributed by atoms with Gasteiger partial charge >= 0.3 is 0 Å². The minimum Gasteiger partial charge on any atom is -0.461 e. The molecule has 0 saturated carbocycles. The summed E-state index contributed by atoms with van der Waals surface area (Å²) < 4.78 is 11.1. The van der Waals surface area contributed by atoms with E-state index < -0.39 is 0 Å². The Morgan fingerprint density at radius 2 is 2.00 bits per heavy atom. The summed E-state index contributed by atoms with van der Waals surface area (Å²) in [6, 6.07) is 12.2. The number of hydrogen-bond acceptors (Lipinski definition) is 5. The number of fused-ring (bicyclic) bond motifs is 1. The first-order chi connectivity index (χ1) is 14.2. The van der Waals surface area contributed by atoms with Gasteiger partial charge in [-0.3, -0.25) is 9.89 Å². The van der Waals surface area contributed by atoms with Gasteiger partial charge in [0.2, 0.25) is 0 Å². The molecule has 0 unspecified atom stereocenters. The molecule has 0 amide bonds. The first-order valence-corrected chi connectivity index (χ1v) is 10.4. The average Bonchev–Trinajstić information content (AvgIpc) is 3.33. The van der Waals surface area contributed by atoms with Gasteiger partial charge in [0.15, 0.2) is 5.96 Å². The summed E-state index contributed by atoms with van der Waals surface area (Å²) in [5, 5.41) is 8.69. The van der Waals surface area contributed by atoms with Crippen LogP contribution in [-0.2, 0) is 13.0 Å². The lowest BCUT2D eigenvalue weighted by atomic mass is 10.2. The van der Waals surface area contributed by atoms with Crippen LogP contribution >= 0.6 is 0 Å². The highest BCUT2D eigenvalue weighted by Gasteiger charge is 2.20. The summed E-state index contributed by atoms with van der Waals surface area (Å²) in [6.45, 7) is 10.3. The Kier molecular flexibility index (Phi) is 6.14. The molecule has 0 aliphatic carbocycles. The summed E-state index contributed by atoms with van der Waals surface area (Å²) in [5.41, 5.74) is 1.94. The van der Waals surface area contributed by atoms with E-state index in [1.165, 1.54) is 0 Å². The number of aliphatic imine (C=N–C) groups is 1. The van der Waals surface area contributed by atoms with Crippen molar-refractivity contribution < 1.29 is 8.94 Å². The summed E-state index contributed by atoms with van der Waals surface area (Å²) in [4.78, 5) is 9.59. The number of para-hydroxylation sites is 1. The van der Waals surface area contributed by atoms with E-state index in [-0.39, 0.29) is 0 Å². The molecule has 1 aromatic carbocycles. The van der Waals surface area contributed by atoms with Crippen LogP contribution in [-0.4, -0.2) is 60.2 Å². The molecule has 1 fully saturated rings. The highest BCUT2D eigenvalue weighted by atomic mass is 16.5. The number of benzene rings is 1. The van der Waals surface area contributed by atoms with Crippen molar-refractivity contribution in [1.29, 1.82) is 0 Å². The summed E-state index contributed by atoms with van der Waals surface area (Å²) >= 11 is 0. The number of aryl methyl sites for hydroxylation is 1. The summed E-state index contributed by atoms with van der Waals surface area (Å²) in [7, 11) is 0. The standard InChI is InChI=1S/C22H29N5O2/c1-3-23-22(24-9-8-20-15-18-6-4-5-7-21(18)28-20)27-12-10-26(11-13-27)16-19-14-17(2)29-25-19/h4-7,14-15H,3,8-13,16H2,1-2H3,(H,23,24). The SMILES string of the molecule is CCNC(=NCCc1cc2ccccc2o1)N1CCN(Cc2cc(C)on2)CC1. The van der Waals surface area contributed by atoms with Crippen LogP contribution in [0.3, 0.4) is 0 Å². The van der Waals surface area contributed by atoms with E-state index in [1.807, 2.05) is 31.2 Å². The maximum absolute atomic E-state index is 5.90. The monoisotopic (exact) mass is 395 g/mol. The first kappa shape index (κ1) is 19.5. The van der Waals surface area contributed by atoms with Gasteiger partial charge in [-0.2, -0.15) is 0 Å². The van der Waals surface area contributed by atoms with Crippen molar-refractivity contribution in [3.63, 3.8) is 0 Å². The molecule has 3 aromatic rings. The third-order valence-corrected chi connectivity index (χ3v) is 5.17. The smallest absolute Gasteiger partial charge is 0.194 e.